The molecule has 1 amide bonds. The summed E-state index contributed by atoms with van der Waals surface area (Å²) in [4.78, 5) is 18.4. The summed E-state index contributed by atoms with van der Waals surface area (Å²) in [5, 5.41) is 4.05. The van der Waals surface area contributed by atoms with E-state index >= 15 is 0 Å². The number of nitrogens with one attached hydrogen (secondary N) is 2. The number of hydrogen-bond donors (Lipinski definition) is 2. The summed E-state index contributed by atoms with van der Waals surface area (Å²) in [5.41, 5.74) is 4.08. The summed E-state index contributed by atoms with van der Waals surface area (Å²) < 4.78 is 5.92. The minimum atomic E-state index is -0.0630. The molecule has 0 atom stereocenters. The molecule has 1 aliphatic rings. The first-order valence-electron chi connectivity index (χ1n) is 12.6. The molecule has 0 spiro atoms. The maximum Gasteiger partial charge on any atom is 0.267 e. The van der Waals surface area contributed by atoms with Crippen LogP contribution in [0.1, 0.15) is 34.5 Å². The summed E-state index contributed by atoms with van der Waals surface area (Å²) in [7, 11) is 0. The Hall–Kier alpha value is -3.57. The fourth-order valence-corrected chi connectivity index (χ4v) is 4.85. The van der Waals surface area contributed by atoms with E-state index in [0.717, 1.165) is 47.8 Å². The van der Waals surface area contributed by atoms with Gasteiger partial charge >= 0.3 is 0 Å². The predicted molar refractivity (Wildman–Crippen MR) is 141 cm³/mol. The van der Waals surface area contributed by atoms with E-state index in [4.69, 9.17) is 4.74 Å². The highest BCUT2D eigenvalue weighted by atomic mass is 16.5. The second-order valence-electron chi connectivity index (χ2n) is 9.44. The van der Waals surface area contributed by atoms with Crippen molar-refractivity contribution in [1.29, 1.82) is 0 Å². The zero-order valence-electron chi connectivity index (χ0n) is 20.1. The Morgan fingerprint density at radius 1 is 0.914 bits per heavy atom. The molecule has 0 bridgehead atoms. The number of amides is 1. The van der Waals surface area contributed by atoms with Gasteiger partial charge < -0.3 is 19.9 Å². The quantitative estimate of drug-likeness (QED) is 0.345. The van der Waals surface area contributed by atoms with Crippen molar-refractivity contribution >= 4 is 16.8 Å². The molecule has 5 heteroatoms. The number of rotatable bonds is 9. The number of fused-ring (bicyclic) bond motifs is 1. The molecule has 1 aromatic heterocycles. The molecule has 0 radical (unpaired) electrons. The van der Waals surface area contributed by atoms with Gasteiger partial charge in [-0.1, -0.05) is 60.7 Å². The largest absolute Gasteiger partial charge is 0.489 e. The van der Waals surface area contributed by atoms with Crippen LogP contribution in [0.5, 0.6) is 5.75 Å². The van der Waals surface area contributed by atoms with Crippen molar-refractivity contribution in [3.8, 4) is 5.75 Å². The molecule has 35 heavy (non-hydrogen) atoms. The number of ether oxygens (including phenoxy) is 1. The fourth-order valence-electron chi connectivity index (χ4n) is 4.85. The van der Waals surface area contributed by atoms with E-state index in [1.165, 1.54) is 24.8 Å². The molecule has 2 heterocycles. The van der Waals surface area contributed by atoms with Gasteiger partial charge in [0.1, 0.15) is 18.1 Å². The molecule has 3 aromatic carbocycles. The standard InChI is InChI=1S/C30H33N3O2/c34-30(31-15-18-33-16-13-24(14-17-33)19-23-7-3-1-4-8-23)29-21-26-20-27(11-12-28(26)32-29)35-22-25-9-5-2-6-10-25/h1-12,20-21,24,32H,13-19,22H2,(H,31,34). The van der Waals surface area contributed by atoms with Crippen LogP contribution in [0.15, 0.2) is 84.9 Å². The molecular weight excluding hydrogens is 434 g/mol. The first kappa shape index (κ1) is 23.2. The van der Waals surface area contributed by atoms with E-state index in [0.29, 0.717) is 18.8 Å². The summed E-state index contributed by atoms with van der Waals surface area (Å²) >= 11 is 0. The number of H-pyrrole nitrogens is 1. The number of likely N-dealkylation sites (tertiary alicyclic amines) is 1. The van der Waals surface area contributed by atoms with Gasteiger partial charge in [-0.3, -0.25) is 4.79 Å². The normalized spacial score (nSPS) is 14.7. The molecule has 0 aliphatic carbocycles. The molecular formula is C30H33N3O2. The van der Waals surface area contributed by atoms with Crippen LogP contribution in [0, 0.1) is 5.92 Å². The zero-order valence-corrected chi connectivity index (χ0v) is 20.1. The number of aromatic nitrogens is 1. The molecule has 2 N–H and O–H groups in total. The van der Waals surface area contributed by atoms with Gasteiger partial charge in [0.2, 0.25) is 0 Å². The van der Waals surface area contributed by atoms with E-state index < -0.39 is 0 Å². The molecule has 5 rings (SSSR count). The molecule has 1 fully saturated rings. The van der Waals surface area contributed by atoms with Crippen LogP contribution in [0.25, 0.3) is 10.9 Å². The molecule has 1 aliphatic heterocycles. The Morgan fingerprint density at radius 3 is 2.37 bits per heavy atom. The lowest BCUT2D eigenvalue weighted by molar-refractivity contribution is 0.0940. The Morgan fingerprint density at radius 2 is 1.63 bits per heavy atom. The lowest BCUT2D eigenvalue weighted by atomic mass is 9.90. The third kappa shape index (κ3) is 6.31. The molecule has 180 valence electrons. The Kier molecular flexibility index (Phi) is 7.44. The Balaban J connectivity index is 1.07. The van der Waals surface area contributed by atoms with Crippen molar-refractivity contribution in [2.75, 3.05) is 26.2 Å². The van der Waals surface area contributed by atoms with Crippen LogP contribution in [0.3, 0.4) is 0 Å². The van der Waals surface area contributed by atoms with Crippen molar-refractivity contribution < 1.29 is 9.53 Å². The van der Waals surface area contributed by atoms with Gasteiger partial charge in [-0.2, -0.15) is 0 Å². The van der Waals surface area contributed by atoms with Gasteiger partial charge in [0.15, 0.2) is 0 Å². The maximum atomic E-state index is 12.7. The number of aromatic amines is 1. The second-order valence-corrected chi connectivity index (χ2v) is 9.44. The van der Waals surface area contributed by atoms with Gasteiger partial charge in [0, 0.05) is 24.0 Å². The average molecular weight is 468 g/mol. The predicted octanol–water partition coefficient (Wildman–Crippen LogP) is 5.43. The lowest BCUT2D eigenvalue weighted by Crippen LogP contribution is -2.40. The number of nitrogens with zero attached hydrogens (tertiary/aromatic N) is 1. The number of carbonyl (C=O) groups is 1. The Bertz CT molecular complexity index is 1230. The number of hydrogen-bond acceptors (Lipinski definition) is 3. The highest BCUT2D eigenvalue weighted by Crippen LogP contribution is 2.23. The third-order valence-electron chi connectivity index (χ3n) is 6.87. The van der Waals surface area contributed by atoms with Crippen molar-refractivity contribution in [2.45, 2.75) is 25.9 Å². The van der Waals surface area contributed by atoms with Crippen LogP contribution in [-0.2, 0) is 13.0 Å². The van der Waals surface area contributed by atoms with Crippen LogP contribution in [0.2, 0.25) is 0 Å². The van der Waals surface area contributed by atoms with Crippen LogP contribution in [0.4, 0.5) is 0 Å². The van der Waals surface area contributed by atoms with Gasteiger partial charge in [-0.15, -0.1) is 0 Å². The first-order valence-corrected chi connectivity index (χ1v) is 12.6. The topological polar surface area (TPSA) is 57.4 Å². The summed E-state index contributed by atoms with van der Waals surface area (Å²) in [6, 6.07) is 28.7. The van der Waals surface area contributed by atoms with Crippen LogP contribution in [-0.4, -0.2) is 42.0 Å². The van der Waals surface area contributed by atoms with Crippen molar-refractivity contribution in [3.05, 3.63) is 102 Å². The van der Waals surface area contributed by atoms with Crippen molar-refractivity contribution in [3.63, 3.8) is 0 Å². The fraction of sp³-hybridized carbons (Fsp3) is 0.300. The summed E-state index contributed by atoms with van der Waals surface area (Å²) in [6.07, 6.45) is 3.61. The SMILES string of the molecule is O=C(NCCN1CCC(Cc2ccccc2)CC1)c1cc2cc(OCc3ccccc3)ccc2[nH]1. The monoisotopic (exact) mass is 467 g/mol. The van der Waals surface area contributed by atoms with Gasteiger partial charge in [-0.25, -0.2) is 0 Å². The minimum Gasteiger partial charge on any atom is -0.489 e. The second kappa shape index (κ2) is 11.2. The number of benzene rings is 3. The third-order valence-corrected chi connectivity index (χ3v) is 6.87. The molecule has 1 saturated heterocycles. The molecule has 5 nitrogen and oxygen atoms in total. The Labute approximate surface area is 207 Å². The molecule has 0 saturated carbocycles. The summed E-state index contributed by atoms with van der Waals surface area (Å²) in [5.74, 6) is 1.49. The van der Waals surface area contributed by atoms with Crippen molar-refractivity contribution in [1.82, 2.24) is 15.2 Å². The van der Waals surface area contributed by atoms with Gasteiger partial charge in [0.25, 0.3) is 5.91 Å². The van der Waals surface area contributed by atoms with Crippen molar-refractivity contribution in [2.24, 2.45) is 5.92 Å². The van der Waals surface area contributed by atoms with E-state index in [-0.39, 0.29) is 5.91 Å². The van der Waals surface area contributed by atoms with E-state index in [2.05, 4.69) is 45.5 Å². The number of piperidine rings is 1. The van der Waals surface area contributed by atoms with E-state index in [1.54, 1.807) is 0 Å². The smallest absolute Gasteiger partial charge is 0.267 e. The molecule has 0 unspecified atom stereocenters. The average Bonchev–Trinajstić information content (AvgIpc) is 3.33. The lowest BCUT2D eigenvalue weighted by Gasteiger charge is -2.32. The maximum absolute atomic E-state index is 12.7. The van der Waals surface area contributed by atoms with E-state index in [1.807, 2.05) is 54.6 Å². The van der Waals surface area contributed by atoms with Crippen LogP contribution >= 0.6 is 0 Å². The first-order chi connectivity index (χ1) is 17.2. The van der Waals surface area contributed by atoms with Gasteiger partial charge in [-0.05, 0) is 73.7 Å². The molecule has 4 aromatic rings. The van der Waals surface area contributed by atoms with E-state index in [9.17, 15) is 4.79 Å². The zero-order chi connectivity index (χ0) is 23.9. The van der Waals surface area contributed by atoms with Gasteiger partial charge in [0.05, 0.1) is 0 Å². The van der Waals surface area contributed by atoms with Crippen LogP contribution < -0.4 is 10.1 Å². The highest BCUT2D eigenvalue weighted by molar-refractivity contribution is 5.98. The highest BCUT2D eigenvalue weighted by Gasteiger charge is 2.19. The number of carbonyl (C=O) groups excluding carboxylic acids is 1. The minimum absolute atomic E-state index is 0.0630. The summed E-state index contributed by atoms with van der Waals surface area (Å²) in [6.45, 7) is 4.27.